The van der Waals surface area contributed by atoms with E-state index in [4.69, 9.17) is 5.11 Å². The number of carboxylic acids is 1. The lowest BCUT2D eigenvalue weighted by Gasteiger charge is -2.25. The summed E-state index contributed by atoms with van der Waals surface area (Å²) in [5.74, 6) is -1.56. The number of nitrogens with zero attached hydrogens (tertiary/aromatic N) is 2. The molecule has 27 heavy (non-hydrogen) atoms. The molecule has 2 rings (SSSR count). The third-order valence-electron chi connectivity index (χ3n) is 4.47. The third kappa shape index (κ3) is 4.15. The van der Waals surface area contributed by atoms with Gasteiger partial charge in [0.05, 0.1) is 4.92 Å². The highest BCUT2D eigenvalue weighted by molar-refractivity contribution is 7.89. The Morgan fingerprint density at radius 3 is 2.41 bits per heavy atom. The van der Waals surface area contributed by atoms with Crippen molar-refractivity contribution in [3.05, 3.63) is 69.3 Å². The molecule has 8 nitrogen and oxygen atoms in total. The van der Waals surface area contributed by atoms with Gasteiger partial charge in [0.1, 0.15) is 5.56 Å². The fourth-order valence-corrected chi connectivity index (χ4v) is 4.31. The summed E-state index contributed by atoms with van der Waals surface area (Å²) in [6, 6.07) is 10.3. The smallest absolute Gasteiger partial charge is 0.342 e. The molecule has 144 valence electrons. The van der Waals surface area contributed by atoms with Crippen LogP contribution in [0.1, 0.15) is 28.4 Å². The Kier molecular flexibility index (Phi) is 5.97. The first-order chi connectivity index (χ1) is 12.6. The van der Waals surface area contributed by atoms with E-state index in [1.54, 1.807) is 6.92 Å². The number of likely N-dealkylation sites (N-methyl/N-ethyl adjacent to an activating group) is 1. The first-order valence-corrected chi connectivity index (χ1v) is 9.54. The number of carbonyl (C=O) groups is 1. The van der Waals surface area contributed by atoms with Crippen LogP contribution in [0, 0.1) is 17.0 Å². The number of aromatic carboxylic acids is 1. The maximum atomic E-state index is 13.0. The van der Waals surface area contributed by atoms with Crippen LogP contribution in [0.3, 0.4) is 0 Å². The van der Waals surface area contributed by atoms with Crippen LogP contribution in [0.15, 0.2) is 47.4 Å². The molecule has 0 fully saturated rings. The summed E-state index contributed by atoms with van der Waals surface area (Å²) in [5, 5.41) is 20.5. The van der Waals surface area contributed by atoms with Gasteiger partial charge >= 0.3 is 11.7 Å². The Balaban J connectivity index is 2.46. The second-order valence-corrected chi connectivity index (χ2v) is 8.18. The fraction of sp³-hybridized carbons (Fsp3) is 0.278. The zero-order valence-electron chi connectivity index (χ0n) is 15.1. The molecule has 0 spiro atoms. The average molecular weight is 392 g/mol. The van der Waals surface area contributed by atoms with Crippen LogP contribution in [0.2, 0.25) is 0 Å². The zero-order chi connectivity index (χ0) is 20.4. The van der Waals surface area contributed by atoms with E-state index in [0.717, 1.165) is 27.6 Å². The molecule has 1 atom stereocenters. The molecule has 0 aliphatic heterocycles. The maximum absolute atomic E-state index is 13.0. The molecule has 0 heterocycles. The predicted octanol–water partition coefficient (Wildman–Crippen LogP) is 2.85. The average Bonchev–Trinajstić information content (AvgIpc) is 2.62. The minimum atomic E-state index is -4.27. The Bertz CT molecular complexity index is 987. The van der Waals surface area contributed by atoms with Gasteiger partial charge in [-0.3, -0.25) is 10.1 Å². The largest absolute Gasteiger partial charge is 0.477 e. The van der Waals surface area contributed by atoms with E-state index in [-0.39, 0.29) is 0 Å². The number of nitro benzene ring substituents is 1. The highest BCUT2D eigenvalue weighted by Crippen LogP contribution is 2.31. The minimum Gasteiger partial charge on any atom is -0.477 e. The van der Waals surface area contributed by atoms with Crippen LogP contribution >= 0.6 is 0 Å². The molecule has 0 amide bonds. The fourth-order valence-electron chi connectivity index (χ4n) is 2.77. The normalized spacial score (nSPS) is 12.7. The third-order valence-corrected chi connectivity index (χ3v) is 6.47. The van der Waals surface area contributed by atoms with Crippen molar-refractivity contribution >= 4 is 21.7 Å². The van der Waals surface area contributed by atoms with Crippen LogP contribution in [0.4, 0.5) is 5.69 Å². The summed E-state index contributed by atoms with van der Waals surface area (Å²) >= 11 is 0. The van der Waals surface area contributed by atoms with Crippen LogP contribution < -0.4 is 0 Å². The lowest BCUT2D eigenvalue weighted by molar-refractivity contribution is -0.388. The summed E-state index contributed by atoms with van der Waals surface area (Å²) in [6.07, 6.45) is 0.412. The van der Waals surface area contributed by atoms with Crippen molar-refractivity contribution in [1.82, 2.24) is 4.31 Å². The number of hydrogen-bond acceptors (Lipinski definition) is 5. The Morgan fingerprint density at radius 2 is 1.85 bits per heavy atom. The van der Waals surface area contributed by atoms with Crippen molar-refractivity contribution in [1.29, 1.82) is 0 Å². The number of para-hydroxylation sites is 1. The standard InChI is InChI=1S/C18H20N2O6S/c1-12-7-4-5-8-14(12)11-13(2)19(3)27(25,26)16-10-6-9-15(18(21)22)17(16)20(23)24/h4-10,13H,11H2,1-3H3,(H,21,22). The topological polar surface area (TPSA) is 118 Å². The molecular weight excluding hydrogens is 372 g/mol. The van der Waals surface area contributed by atoms with Gasteiger partial charge in [0.2, 0.25) is 10.0 Å². The Morgan fingerprint density at radius 1 is 1.22 bits per heavy atom. The van der Waals surface area contributed by atoms with Crippen LogP contribution in [0.5, 0.6) is 0 Å². The SMILES string of the molecule is Cc1ccccc1CC(C)N(C)S(=O)(=O)c1cccc(C(=O)O)c1[N+](=O)[O-]. The van der Waals surface area contributed by atoms with Crippen molar-refractivity contribution in [2.75, 3.05) is 7.05 Å². The molecule has 0 aromatic heterocycles. The van der Waals surface area contributed by atoms with Crippen molar-refractivity contribution in [2.24, 2.45) is 0 Å². The number of sulfonamides is 1. The van der Waals surface area contributed by atoms with E-state index in [1.165, 1.54) is 13.1 Å². The van der Waals surface area contributed by atoms with E-state index in [2.05, 4.69) is 0 Å². The number of hydrogen-bond donors (Lipinski definition) is 1. The van der Waals surface area contributed by atoms with Gasteiger partial charge < -0.3 is 5.11 Å². The summed E-state index contributed by atoms with van der Waals surface area (Å²) in [5.41, 5.74) is 0.371. The minimum absolute atomic E-state index is 0.412. The van der Waals surface area contributed by atoms with E-state index in [1.807, 2.05) is 31.2 Å². The number of rotatable bonds is 7. The van der Waals surface area contributed by atoms with E-state index < -0.39 is 43.1 Å². The van der Waals surface area contributed by atoms with E-state index >= 15 is 0 Å². The quantitative estimate of drug-likeness (QED) is 0.572. The van der Waals surface area contributed by atoms with Gasteiger partial charge in [-0.05, 0) is 43.5 Å². The number of nitro groups is 1. The molecular formula is C18H20N2O6S. The Hall–Kier alpha value is -2.78. The first kappa shape index (κ1) is 20.5. The molecule has 2 aromatic rings. The second kappa shape index (κ2) is 7.85. The molecule has 1 N–H and O–H groups in total. The van der Waals surface area contributed by atoms with Crippen molar-refractivity contribution in [2.45, 2.75) is 31.2 Å². The molecule has 1 unspecified atom stereocenters. The highest BCUT2D eigenvalue weighted by atomic mass is 32.2. The Labute approximate surface area is 157 Å². The lowest BCUT2D eigenvalue weighted by atomic mass is 10.0. The van der Waals surface area contributed by atoms with E-state index in [0.29, 0.717) is 6.42 Å². The molecule has 0 radical (unpaired) electrons. The molecule has 0 saturated heterocycles. The first-order valence-electron chi connectivity index (χ1n) is 8.10. The second-order valence-electron chi connectivity index (χ2n) is 6.22. The van der Waals surface area contributed by atoms with Gasteiger partial charge in [0, 0.05) is 13.1 Å². The molecule has 0 saturated carbocycles. The highest BCUT2D eigenvalue weighted by Gasteiger charge is 2.35. The molecule has 2 aromatic carbocycles. The molecule has 0 aliphatic rings. The number of benzene rings is 2. The van der Waals surface area contributed by atoms with E-state index in [9.17, 15) is 23.3 Å². The number of carboxylic acid groups (broad SMARTS) is 1. The van der Waals surface area contributed by atoms with Gasteiger partial charge in [-0.15, -0.1) is 0 Å². The van der Waals surface area contributed by atoms with Crippen molar-refractivity contribution in [3.8, 4) is 0 Å². The van der Waals surface area contributed by atoms with Gasteiger partial charge in [-0.2, -0.15) is 4.31 Å². The van der Waals surface area contributed by atoms with Gasteiger partial charge in [0.15, 0.2) is 4.90 Å². The van der Waals surface area contributed by atoms with Gasteiger partial charge in [-0.1, -0.05) is 30.3 Å². The number of aryl methyl sites for hydroxylation is 1. The van der Waals surface area contributed by atoms with Gasteiger partial charge in [0.25, 0.3) is 0 Å². The summed E-state index contributed by atoms with van der Waals surface area (Å²) < 4.78 is 27.0. The maximum Gasteiger partial charge on any atom is 0.342 e. The van der Waals surface area contributed by atoms with Crippen LogP contribution in [0.25, 0.3) is 0 Å². The summed E-state index contributed by atoms with van der Waals surface area (Å²) in [4.78, 5) is 21.0. The molecule has 0 aliphatic carbocycles. The van der Waals surface area contributed by atoms with Crippen molar-refractivity contribution < 1.29 is 23.2 Å². The van der Waals surface area contributed by atoms with Crippen LogP contribution in [-0.4, -0.2) is 41.8 Å². The zero-order valence-corrected chi connectivity index (χ0v) is 15.9. The predicted molar refractivity (Wildman–Crippen MR) is 99.3 cm³/mol. The molecule has 9 heteroatoms. The monoisotopic (exact) mass is 392 g/mol. The summed E-state index contributed by atoms with van der Waals surface area (Å²) in [7, 11) is -2.95. The summed E-state index contributed by atoms with van der Waals surface area (Å²) in [6.45, 7) is 3.61. The molecule has 0 bridgehead atoms. The van der Waals surface area contributed by atoms with Gasteiger partial charge in [-0.25, -0.2) is 13.2 Å². The lowest BCUT2D eigenvalue weighted by Crippen LogP contribution is -2.37. The van der Waals surface area contributed by atoms with Crippen LogP contribution in [-0.2, 0) is 16.4 Å². The van der Waals surface area contributed by atoms with Crippen molar-refractivity contribution in [3.63, 3.8) is 0 Å².